The van der Waals surface area contributed by atoms with Crippen molar-refractivity contribution in [3.63, 3.8) is 0 Å². The van der Waals surface area contributed by atoms with Crippen LogP contribution in [0.3, 0.4) is 0 Å². The minimum atomic E-state index is -3.03. The van der Waals surface area contributed by atoms with E-state index in [1.165, 1.54) is 44.9 Å². The van der Waals surface area contributed by atoms with Gasteiger partial charge in [-0.15, -0.1) is 0 Å². The molecule has 0 radical (unpaired) electrons. The van der Waals surface area contributed by atoms with E-state index in [4.69, 9.17) is 0 Å². The molecule has 0 amide bonds. The van der Waals surface area contributed by atoms with Crippen molar-refractivity contribution in [1.82, 2.24) is 4.72 Å². The second-order valence-corrected chi connectivity index (χ2v) is 7.52. The highest BCUT2D eigenvalue weighted by Gasteiger charge is 2.15. The summed E-state index contributed by atoms with van der Waals surface area (Å²) in [4.78, 5) is 0. The van der Waals surface area contributed by atoms with Crippen LogP contribution in [0.5, 0.6) is 0 Å². The van der Waals surface area contributed by atoms with E-state index >= 15 is 0 Å². The maximum Gasteiger partial charge on any atom is 0.211 e. The maximum absolute atomic E-state index is 11.6. The molecule has 0 aliphatic heterocycles. The monoisotopic (exact) mass is 275 g/mol. The SMILES string of the molecule is CCS(=O)(=O)NC1CCCCCCCCCCC1. The summed E-state index contributed by atoms with van der Waals surface area (Å²) in [6.45, 7) is 1.71. The molecule has 0 aromatic carbocycles. The number of nitrogens with one attached hydrogen (secondary N) is 1. The molecule has 1 aliphatic rings. The summed E-state index contributed by atoms with van der Waals surface area (Å²) in [5.41, 5.74) is 0. The van der Waals surface area contributed by atoms with Gasteiger partial charge in [-0.05, 0) is 19.8 Å². The van der Waals surface area contributed by atoms with Gasteiger partial charge in [0.15, 0.2) is 0 Å². The van der Waals surface area contributed by atoms with E-state index in [1.54, 1.807) is 6.92 Å². The summed E-state index contributed by atoms with van der Waals surface area (Å²) in [6.07, 6.45) is 13.6. The van der Waals surface area contributed by atoms with Gasteiger partial charge < -0.3 is 0 Å². The molecule has 1 aliphatic carbocycles. The van der Waals surface area contributed by atoms with Crippen LogP contribution in [0, 0.1) is 0 Å². The van der Waals surface area contributed by atoms with E-state index in [2.05, 4.69) is 4.72 Å². The van der Waals surface area contributed by atoms with Crippen LogP contribution >= 0.6 is 0 Å². The molecule has 0 heterocycles. The third-order valence-electron chi connectivity index (χ3n) is 3.83. The zero-order valence-electron chi connectivity index (χ0n) is 11.8. The van der Waals surface area contributed by atoms with Gasteiger partial charge in [0.2, 0.25) is 10.0 Å². The molecule has 0 aromatic rings. The van der Waals surface area contributed by atoms with Crippen molar-refractivity contribution in [1.29, 1.82) is 0 Å². The van der Waals surface area contributed by atoms with E-state index in [1.807, 2.05) is 0 Å². The molecule has 0 unspecified atom stereocenters. The third kappa shape index (κ3) is 7.37. The summed E-state index contributed by atoms with van der Waals surface area (Å²) in [5, 5.41) is 0. The first-order chi connectivity index (χ1) is 8.64. The average Bonchev–Trinajstić information content (AvgIpc) is 2.32. The molecule has 0 aromatic heterocycles. The smallest absolute Gasteiger partial charge is 0.211 e. The van der Waals surface area contributed by atoms with Crippen molar-refractivity contribution >= 4 is 10.0 Å². The van der Waals surface area contributed by atoms with Crippen LogP contribution in [0.1, 0.15) is 77.6 Å². The van der Waals surface area contributed by atoms with Gasteiger partial charge in [-0.25, -0.2) is 13.1 Å². The molecule has 108 valence electrons. The van der Waals surface area contributed by atoms with Crippen molar-refractivity contribution in [2.45, 2.75) is 83.6 Å². The van der Waals surface area contributed by atoms with Crippen LogP contribution in [0.15, 0.2) is 0 Å². The lowest BCUT2D eigenvalue weighted by atomic mass is 9.98. The lowest BCUT2D eigenvalue weighted by molar-refractivity contribution is 0.440. The number of hydrogen-bond donors (Lipinski definition) is 1. The lowest BCUT2D eigenvalue weighted by Gasteiger charge is -2.19. The molecule has 1 fully saturated rings. The topological polar surface area (TPSA) is 46.2 Å². The Labute approximate surface area is 113 Å². The van der Waals surface area contributed by atoms with Crippen molar-refractivity contribution in [3.8, 4) is 0 Å². The number of hydrogen-bond acceptors (Lipinski definition) is 2. The molecular weight excluding hydrogens is 246 g/mol. The highest BCUT2D eigenvalue weighted by Crippen LogP contribution is 2.17. The molecule has 1 N–H and O–H groups in total. The van der Waals surface area contributed by atoms with Gasteiger partial charge in [0.05, 0.1) is 5.75 Å². The molecule has 0 atom stereocenters. The zero-order chi connectivity index (χ0) is 13.3. The molecule has 18 heavy (non-hydrogen) atoms. The van der Waals surface area contributed by atoms with Crippen LogP contribution in [-0.2, 0) is 10.0 Å². The average molecular weight is 275 g/mol. The van der Waals surface area contributed by atoms with E-state index in [0.29, 0.717) is 0 Å². The minimum Gasteiger partial charge on any atom is -0.212 e. The highest BCUT2D eigenvalue weighted by atomic mass is 32.2. The fourth-order valence-corrected chi connectivity index (χ4v) is 3.53. The summed E-state index contributed by atoms with van der Waals surface area (Å²) in [7, 11) is -3.03. The molecule has 3 nitrogen and oxygen atoms in total. The second-order valence-electron chi connectivity index (χ2n) is 5.48. The predicted octanol–water partition coefficient (Wildman–Crippen LogP) is 3.60. The Balaban J connectivity index is 2.41. The van der Waals surface area contributed by atoms with Crippen LogP contribution in [0.25, 0.3) is 0 Å². The Morgan fingerprint density at radius 3 is 1.61 bits per heavy atom. The van der Waals surface area contributed by atoms with Gasteiger partial charge >= 0.3 is 0 Å². The summed E-state index contributed by atoms with van der Waals surface area (Å²) >= 11 is 0. The van der Waals surface area contributed by atoms with Gasteiger partial charge in [-0.3, -0.25) is 0 Å². The van der Waals surface area contributed by atoms with Crippen molar-refractivity contribution in [3.05, 3.63) is 0 Å². The van der Waals surface area contributed by atoms with Gasteiger partial charge in [0.1, 0.15) is 0 Å². The van der Waals surface area contributed by atoms with Gasteiger partial charge in [0.25, 0.3) is 0 Å². The van der Waals surface area contributed by atoms with Crippen LogP contribution in [0.2, 0.25) is 0 Å². The summed E-state index contributed by atoms with van der Waals surface area (Å²) < 4.78 is 26.1. The summed E-state index contributed by atoms with van der Waals surface area (Å²) in [6, 6.07) is 0.175. The quantitative estimate of drug-likeness (QED) is 0.855. The Morgan fingerprint density at radius 2 is 1.22 bits per heavy atom. The Hall–Kier alpha value is -0.0900. The fourth-order valence-electron chi connectivity index (χ4n) is 2.62. The Kier molecular flexibility index (Phi) is 7.91. The van der Waals surface area contributed by atoms with Crippen LogP contribution in [-0.4, -0.2) is 20.2 Å². The predicted molar refractivity (Wildman–Crippen MR) is 77.2 cm³/mol. The van der Waals surface area contributed by atoms with E-state index < -0.39 is 10.0 Å². The lowest BCUT2D eigenvalue weighted by Crippen LogP contribution is -2.35. The molecule has 0 bridgehead atoms. The molecule has 4 heteroatoms. The zero-order valence-corrected chi connectivity index (χ0v) is 12.6. The van der Waals surface area contributed by atoms with Gasteiger partial charge in [0, 0.05) is 6.04 Å². The molecule has 0 spiro atoms. The van der Waals surface area contributed by atoms with E-state index in [0.717, 1.165) is 25.7 Å². The van der Waals surface area contributed by atoms with Crippen LogP contribution in [0.4, 0.5) is 0 Å². The molecular formula is C14H29NO2S. The highest BCUT2D eigenvalue weighted by molar-refractivity contribution is 7.89. The van der Waals surface area contributed by atoms with Gasteiger partial charge in [-0.2, -0.15) is 0 Å². The van der Waals surface area contributed by atoms with E-state index in [9.17, 15) is 8.42 Å². The standard InChI is InChI=1S/C14H29NO2S/c1-2-18(16,17)15-14-12-10-8-6-4-3-5-7-9-11-13-14/h14-15H,2-13H2,1H3. The normalized spacial score (nSPS) is 22.1. The summed E-state index contributed by atoms with van der Waals surface area (Å²) in [5.74, 6) is 0.198. The van der Waals surface area contributed by atoms with Crippen molar-refractivity contribution < 1.29 is 8.42 Å². The minimum absolute atomic E-state index is 0.175. The second kappa shape index (κ2) is 8.92. The first kappa shape index (κ1) is 16.0. The number of sulfonamides is 1. The molecule has 1 saturated carbocycles. The Morgan fingerprint density at radius 1 is 0.833 bits per heavy atom. The van der Waals surface area contributed by atoms with Crippen molar-refractivity contribution in [2.75, 3.05) is 5.75 Å². The van der Waals surface area contributed by atoms with E-state index in [-0.39, 0.29) is 11.8 Å². The Bertz CT molecular complexity index is 289. The largest absolute Gasteiger partial charge is 0.212 e. The van der Waals surface area contributed by atoms with Crippen LogP contribution < -0.4 is 4.72 Å². The molecule has 1 rings (SSSR count). The first-order valence-electron chi connectivity index (χ1n) is 7.64. The fraction of sp³-hybridized carbons (Fsp3) is 1.00. The first-order valence-corrected chi connectivity index (χ1v) is 9.29. The third-order valence-corrected chi connectivity index (χ3v) is 5.28. The number of rotatable bonds is 3. The maximum atomic E-state index is 11.6. The van der Waals surface area contributed by atoms with Crippen molar-refractivity contribution in [2.24, 2.45) is 0 Å². The van der Waals surface area contributed by atoms with Gasteiger partial charge in [-0.1, -0.05) is 57.8 Å². The molecule has 0 saturated heterocycles.